The molecule has 0 radical (unpaired) electrons. The van der Waals surface area contributed by atoms with Gasteiger partial charge in [-0.15, -0.1) is 10.2 Å². The van der Waals surface area contributed by atoms with Crippen molar-refractivity contribution < 1.29 is 9.47 Å². The van der Waals surface area contributed by atoms with Crippen LogP contribution in [0, 0.1) is 0 Å². The fraction of sp³-hybridized carbons (Fsp3) is 0.444. The van der Waals surface area contributed by atoms with E-state index in [1.807, 2.05) is 17.8 Å². The summed E-state index contributed by atoms with van der Waals surface area (Å²) in [5, 5.41) is 16.0. The summed E-state index contributed by atoms with van der Waals surface area (Å²) in [5.74, 6) is 3.31. The molecule has 1 aliphatic carbocycles. The molecule has 6 rings (SSSR count). The lowest BCUT2D eigenvalue weighted by Gasteiger charge is -2.28. The largest absolute Gasteiger partial charge is 0.454 e. The first-order valence-electron chi connectivity index (χ1n) is 9.06. The van der Waals surface area contributed by atoms with Gasteiger partial charge in [0.1, 0.15) is 10.4 Å². The van der Waals surface area contributed by atoms with E-state index in [1.54, 1.807) is 11.8 Å². The van der Waals surface area contributed by atoms with Gasteiger partial charge in [-0.25, -0.2) is 4.68 Å². The summed E-state index contributed by atoms with van der Waals surface area (Å²) in [6.07, 6.45) is 6.37. The fourth-order valence-corrected chi connectivity index (χ4v) is 6.39. The van der Waals surface area contributed by atoms with Crippen LogP contribution in [0.2, 0.25) is 0 Å². The molecule has 0 N–H and O–H groups in total. The molecule has 0 saturated heterocycles. The Bertz CT molecular complexity index is 907. The molecule has 0 spiro atoms. The third kappa shape index (κ3) is 2.21. The van der Waals surface area contributed by atoms with Crippen LogP contribution in [0.4, 0.5) is 0 Å². The second-order valence-electron chi connectivity index (χ2n) is 6.99. The molecule has 1 atom stereocenters. The number of nitrogens with zero attached hydrogens (tertiary/aromatic N) is 4. The van der Waals surface area contributed by atoms with Crippen LogP contribution in [0.5, 0.6) is 11.5 Å². The summed E-state index contributed by atoms with van der Waals surface area (Å²) in [4.78, 5) is 0. The van der Waals surface area contributed by atoms with E-state index >= 15 is 0 Å². The highest BCUT2D eigenvalue weighted by Crippen LogP contribution is 2.53. The molecule has 1 aromatic heterocycles. The average molecular weight is 387 g/mol. The van der Waals surface area contributed by atoms with Crippen LogP contribution in [-0.4, -0.2) is 21.7 Å². The summed E-state index contributed by atoms with van der Waals surface area (Å²) in [5.41, 5.74) is 1.21. The van der Waals surface area contributed by atoms with E-state index in [1.165, 1.54) is 42.7 Å². The molecular weight excluding hydrogens is 368 g/mol. The summed E-state index contributed by atoms with van der Waals surface area (Å²) in [6.45, 7) is 0.307. The Morgan fingerprint density at radius 2 is 1.92 bits per heavy atom. The molecule has 8 heteroatoms. The van der Waals surface area contributed by atoms with Crippen molar-refractivity contribution in [2.24, 2.45) is 0 Å². The van der Waals surface area contributed by atoms with Gasteiger partial charge >= 0.3 is 0 Å². The molecule has 4 heterocycles. The van der Waals surface area contributed by atoms with Crippen molar-refractivity contribution in [3.05, 3.63) is 40.0 Å². The molecule has 1 unspecified atom stereocenters. The second-order valence-corrected chi connectivity index (χ2v) is 8.93. The van der Waals surface area contributed by atoms with Gasteiger partial charge < -0.3 is 9.47 Å². The summed E-state index contributed by atoms with van der Waals surface area (Å²) in [7, 11) is 0. The number of benzene rings is 1. The van der Waals surface area contributed by atoms with Crippen LogP contribution in [0.3, 0.4) is 0 Å². The van der Waals surface area contributed by atoms with E-state index in [2.05, 4.69) is 37.4 Å². The molecule has 6 nitrogen and oxygen atoms in total. The molecule has 2 aromatic rings. The Labute approximate surface area is 159 Å². The van der Waals surface area contributed by atoms with Crippen LogP contribution < -0.4 is 14.5 Å². The minimum absolute atomic E-state index is 0.173. The highest BCUT2D eigenvalue weighted by Gasteiger charge is 2.41. The van der Waals surface area contributed by atoms with Gasteiger partial charge in [-0.05, 0) is 42.3 Å². The topological polar surface area (TPSA) is 52.4 Å². The minimum Gasteiger partial charge on any atom is -0.454 e. The van der Waals surface area contributed by atoms with Gasteiger partial charge in [0.05, 0.1) is 0 Å². The normalized spacial score (nSPS) is 23.9. The quantitative estimate of drug-likeness (QED) is 0.761. The highest BCUT2D eigenvalue weighted by atomic mass is 32.2. The lowest BCUT2D eigenvalue weighted by Crippen LogP contribution is -2.31. The van der Waals surface area contributed by atoms with Crippen molar-refractivity contribution >= 4 is 23.5 Å². The van der Waals surface area contributed by atoms with Crippen molar-refractivity contribution in [1.82, 2.24) is 14.9 Å². The van der Waals surface area contributed by atoms with E-state index in [9.17, 15) is 0 Å². The predicted octanol–water partition coefficient (Wildman–Crippen LogP) is 4.34. The minimum atomic E-state index is 0.173. The zero-order valence-corrected chi connectivity index (χ0v) is 15.8. The van der Waals surface area contributed by atoms with Gasteiger partial charge in [0, 0.05) is 11.3 Å². The number of hydrogen-bond donors (Lipinski definition) is 0. The average Bonchev–Trinajstić information content (AvgIpc) is 3.42. The molecule has 3 aliphatic heterocycles. The summed E-state index contributed by atoms with van der Waals surface area (Å²) >= 11 is 3.54. The van der Waals surface area contributed by atoms with Crippen LogP contribution in [0.15, 0.2) is 33.8 Å². The molecule has 26 heavy (non-hydrogen) atoms. The van der Waals surface area contributed by atoms with E-state index in [-0.39, 0.29) is 5.37 Å². The first-order valence-corrected chi connectivity index (χ1v) is 10.8. The smallest absolute Gasteiger partial charge is 0.231 e. The number of fused-ring (bicyclic) bond motifs is 4. The van der Waals surface area contributed by atoms with Gasteiger partial charge in [0.15, 0.2) is 17.3 Å². The van der Waals surface area contributed by atoms with Crippen LogP contribution in [-0.2, 0) is 0 Å². The Hall–Kier alpha value is -1.80. The van der Waals surface area contributed by atoms with Crippen LogP contribution in [0.1, 0.15) is 54.8 Å². The molecular formula is C18H18N4O2S2. The SMILES string of the molecule is C1=C2Sc3nnc(C4CCCCC4)n3N2C(c2ccc3c(c2)OCO3)S1. The maximum Gasteiger partial charge on any atom is 0.231 e. The number of ether oxygens (including phenoxy) is 2. The number of thioether (sulfide) groups is 2. The fourth-order valence-electron chi connectivity index (χ4n) is 4.16. The molecule has 1 saturated carbocycles. The van der Waals surface area contributed by atoms with Gasteiger partial charge in [0.25, 0.3) is 0 Å². The Morgan fingerprint density at radius 1 is 1.04 bits per heavy atom. The lowest BCUT2D eigenvalue weighted by atomic mass is 9.89. The standard InChI is InChI=1S/C18H18N4O2S2/c1-2-4-11(5-3-1)16-19-20-18-22(16)21-15(26-18)9-25-17(21)12-6-7-13-14(8-12)24-10-23-13/h6-9,11,17H,1-5,10H2. The van der Waals surface area contributed by atoms with Crippen molar-refractivity contribution in [2.75, 3.05) is 11.8 Å². The van der Waals surface area contributed by atoms with Crippen molar-refractivity contribution in [3.8, 4) is 11.5 Å². The number of hydrogen-bond acceptors (Lipinski definition) is 7. The maximum absolute atomic E-state index is 5.58. The monoisotopic (exact) mass is 386 g/mol. The third-order valence-corrected chi connectivity index (χ3v) is 7.63. The van der Waals surface area contributed by atoms with E-state index in [4.69, 9.17) is 9.47 Å². The first-order chi connectivity index (χ1) is 12.9. The molecule has 134 valence electrons. The highest BCUT2D eigenvalue weighted by molar-refractivity contribution is 8.07. The van der Waals surface area contributed by atoms with Crippen molar-refractivity contribution in [2.45, 2.75) is 48.6 Å². The molecule has 1 aromatic carbocycles. The zero-order chi connectivity index (χ0) is 17.1. The first kappa shape index (κ1) is 15.3. The van der Waals surface area contributed by atoms with Crippen molar-refractivity contribution in [3.63, 3.8) is 0 Å². The van der Waals surface area contributed by atoms with E-state index < -0.39 is 0 Å². The zero-order valence-electron chi connectivity index (χ0n) is 14.1. The number of aromatic nitrogens is 3. The lowest BCUT2D eigenvalue weighted by molar-refractivity contribution is 0.174. The molecule has 4 aliphatic rings. The van der Waals surface area contributed by atoms with Crippen LogP contribution >= 0.6 is 23.5 Å². The van der Waals surface area contributed by atoms with E-state index in [0.29, 0.717) is 12.7 Å². The summed E-state index contributed by atoms with van der Waals surface area (Å²) < 4.78 is 13.3. The summed E-state index contributed by atoms with van der Waals surface area (Å²) in [6, 6.07) is 6.24. The second kappa shape index (κ2) is 5.85. The molecule has 0 amide bonds. The number of rotatable bonds is 2. The molecule has 1 fully saturated rings. The Balaban J connectivity index is 1.38. The van der Waals surface area contributed by atoms with Gasteiger partial charge in [0.2, 0.25) is 11.9 Å². The van der Waals surface area contributed by atoms with Gasteiger partial charge in [-0.2, -0.15) is 0 Å². The van der Waals surface area contributed by atoms with Gasteiger partial charge in [-0.1, -0.05) is 37.1 Å². The Kier molecular flexibility index (Phi) is 3.44. The van der Waals surface area contributed by atoms with Crippen LogP contribution in [0.25, 0.3) is 0 Å². The third-order valence-electron chi connectivity index (χ3n) is 5.45. The maximum atomic E-state index is 5.58. The van der Waals surface area contributed by atoms with Crippen molar-refractivity contribution in [1.29, 1.82) is 0 Å². The van der Waals surface area contributed by atoms with E-state index in [0.717, 1.165) is 22.5 Å². The van der Waals surface area contributed by atoms with Gasteiger partial charge in [-0.3, -0.25) is 5.01 Å². The Morgan fingerprint density at radius 3 is 2.85 bits per heavy atom. The predicted molar refractivity (Wildman–Crippen MR) is 101 cm³/mol. The molecule has 0 bridgehead atoms.